The highest BCUT2D eigenvalue weighted by molar-refractivity contribution is 4.73. The molecule has 2 heteroatoms. The number of hydrogen-bond acceptors (Lipinski definition) is 2. The van der Waals surface area contributed by atoms with Crippen LogP contribution in [0.3, 0.4) is 0 Å². The van der Waals surface area contributed by atoms with Gasteiger partial charge in [-0.05, 0) is 18.9 Å². The number of ether oxygens (including phenoxy) is 1. The first-order valence-corrected chi connectivity index (χ1v) is 5.08. The van der Waals surface area contributed by atoms with Crippen molar-refractivity contribution in [3.63, 3.8) is 0 Å². The van der Waals surface area contributed by atoms with Crippen LogP contribution in [0.2, 0.25) is 0 Å². The topological polar surface area (TPSA) is 12.5 Å². The summed E-state index contributed by atoms with van der Waals surface area (Å²) in [7, 11) is 0. The van der Waals surface area contributed by atoms with Gasteiger partial charge in [0.1, 0.15) is 0 Å². The van der Waals surface area contributed by atoms with E-state index in [1.165, 1.54) is 13.0 Å². The van der Waals surface area contributed by atoms with E-state index in [1.807, 2.05) is 0 Å². The molecule has 1 aliphatic heterocycles. The normalized spacial score (nSPS) is 26.5. The van der Waals surface area contributed by atoms with Crippen molar-refractivity contribution in [3.05, 3.63) is 0 Å². The molecule has 0 spiro atoms. The van der Waals surface area contributed by atoms with Crippen molar-refractivity contribution in [1.82, 2.24) is 4.90 Å². The first-order valence-electron chi connectivity index (χ1n) is 5.08. The second-order valence-corrected chi connectivity index (χ2v) is 3.95. The van der Waals surface area contributed by atoms with Crippen molar-refractivity contribution in [2.75, 3.05) is 26.2 Å². The summed E-state index contributed by atoms with van der Waals surface area (Å²) >= 11 is 0. The standard InChI is InChI=1S/C10H21NO/c1-4-5-11-6-7-12-10(8-11)9(2)3/h9-10H,4-8H2,1-3H3. The van der Waals surface area contributed by atoms with Crippen LogP contribution in [0.5, 0.6) is 0 Å². The van der Waals surface area contributed by atoms with Crippen LogP contribution in [0.15, 0.2) is 0 Å². The molecule has 1 saturated heterocycles. The highest BCUT2D eigenvalue weighted by Gasteiger charge is 2.21. The Labute approximate surface area is 75.9 Å². The Bertz CT molecular complexity index is 123. The van der Waals surface area contributed by atoms with Gasteiger partial charge in [0.25, 0.3) is 0 Å². The van der Waals surface area contributed by atoms with Crippen molar-refractivity contribution in [3.8, 4) is 0 Å². The van der Waals surface area contributed by atoms with E-state index in [4.69, 9.17) is 4.74 Å². The van der Waals surface area contributed by atoms with Crippen LogP contribution < -0.4 is 0 Å². The minimum atomic E-state index is 0.463. The molecule has 1 atom stereocenters. The van der Waals surface area contributed by atoms with E-state index in [-0.39, 0.29) is 0 Å². The minimum absolute atomic E-state index is 0.463. The highest BCUT2D eigenvalue weighted by Crippen LogP contribution is 2.13. The van der Waals surface area contributed by atoms with Crippen molar-refractivity contribution in [1.29, 1.82) is 0 Å². The summed E-state index contributed by atoms with van der Waals surface area (Å²) in [6, 6.07) is 0. The van der Waals surface area contributed by atoms with Gasteiger partial charge < -0.3 is 4.74 Å². The second-order valence-electron chi connectivity index (χ2n) is 3.95. The first kappa shape index (κ1) is 10.0. The molecule has 72 valence electrons. The lowest BCUT2D eigenvalue weighted by molar-refractivity contribution is -0.0502. The molecule has 0 bridgehead atoms. The Kier molecular flexibility index (Phi) is 4.02. The molecule has 1 rings (SSSR count). The van der Waals surface area contributed by atoms with Gasteiger partial charge in [-0.15, -0.1) is 0 Å². The zero-order chi connectivity index (χ0) is 8.97. The van der Waals surface area contributed by atoms with E-state index >= 15 is 0 Å². The van der Waals surface area contributed by atoms with Crippen LogP contribution in [-0.2, 0) is 4.74 Å². The van der Waals surface area contributed by atoms with Crippen molar-refractivity contribution < 1.29 is 4.74 Å². The van der Waals surface area contributed by atoms with Crippen LogP contribution in [0, 0.1) is 5.92 Å². The number of rotatable bonds is 3. The maximum Gasteiger partial charge on any atom is 0.0725 e. The lowest BCUT2D eigenvalue weighted by atomic mass is 10.1. The Morgan fingerprint density at radius 2 is 2.25 bits per heavy atom. The summed E-state index contributed by atoms with van der Waals surface area (Å²) in [6.45, 7) is 11.1. The van der Waals surface area contributed by atoms with E-state index in [0.29, 0.717) is 12.0 Å². The molecule has 1 fully saturated rings. The smallest absolute Gasteiger partial charge is 0.0725 e. The quantitative estimate of drug-likeness (QED) is 0.641. The third-order valence-corrected chi connectivity index (χ3v) is 2.46. The third kappa shape index (κ3) is 2.76. The maximum absolute atomic E-state index is 5.67. The molecule has 1 aliphatic rings. The molecular formula is C10H21NO. The molecule has 1 unspecified atom stereocenters. The van der Waals surface area contributed by atoms with Gasteiger partial charge in [0.15, 0.2) is 0 Å². The Morgan fingerprint density at radius 3 is 2.83 bits per heavy atom. The summed E-state index contributed by atoms with van der Waals surface area (Å²) in [5.74, 6) is 0.657. The molecule has 0 saturated carbocycles. The van der Waals surface area contributed by atoms with E-state index in [2.05, 4.69) is 25.7 Å². The molecule has 2 nitrogen and oxygen atoms in total. The average molecular weight is 171 g/mol. The van der Waals surface area contributed by atoms with Gasteiger partial charge in [0.05, 0.1) is 12.7 Å². The van der Waals surface area contributed by atoms with Gasteiger partial charge in [0.2, 0.25) is 0 Å². The highest BCUT2D eigenvalue weighted by atomic mass is 16.5. The van der Waals surface area contributed by atoms with Crippen LogP contribution in [-0.4, -0.2) is 37.2 Å². The SMILES string of the molecule is CCCN1CCOC(C(C)C)C1. The van der Waals surface area contributed by atoms with E-state index in [9.17, 15) is 0 Å². The molecule has 12 heavy (non-hydrogen) atoms. The monoisotopic (exact) mass is 171 g/mol. The number of hydrogen-bond donors (Lipinski definition) is 0. The van der Waals surface area contributed by atoms with Gasteiger partial charge in [0, 0.05) is 13.1 Å². The molecule has 0 aromatic carbocycles. The van der Waals surface area contributed by atoms with Crippen LogP contribution >= 0.6 is 0 Å². The summed E-state index contributed by atoms with van der Waals surface area (Å²) < 4.78 is 5.67. The van der Waals surface area contributed by atoms with E-state index in [0.717, 1.165) is 19.7 Å². The number of nitrogens with zero attached hydrogens (tertiary/aromatic N) is 1. The molecule has 0 amide bonds. The maximum atomic E-state index is 5.67. The zero-order valence-corrected chi connectivity index (χ0v) is 8.55. The van der Waals surface area contributed by atoms with Crippen molar-refractivity contribution in [2.45, 2.75) is 33.3 Å². The zero-order valence-electron chi connectivity index (χ0n) is 8.55. The largest absolute Gasteiger partial charge is 0.375 e. The molecule has 0 aromatic heterocycles. The molecule has 0 aliphatic carbocycles. The van der Waals surface area contributed by atoms with Crippen LogP contribution in [0.25, 0.3) is 0 Å². The summed E-state index contributed by atoms with van der Waals surface area (Å²) in [5, 5.41) is 0. The van der Waals surface area contributed by atoms with Crippen molar-refractivity contribution in [2.24, 2.45) is 5.92 Å². The minimum Gasteiger partial charge on any atom is -0.375 e. The van der Waals surface area contributed by atoms with Gasteiger partial charge >= 0.3 is 0 Å². The fraction of sp³-hybridized carbons (Fsp3) is 1.00. The fourth-order valence-corrected chi connectivity index (χ4v) is 1.65. The third-order valence-electron chi connectivity index (χ3n) is 2.46. The van der Waals surface area contributed by atoms with Gasteiger partial charge in [-0.2, -0.15) is 0 Å². The lowest BCUT2D eigenvalue weighted by Gasteiger charge is -2.34. The fourth-order valence-electron chi connectivity index (χ4n) is 1.65. The van der Waals surface area contributed by atoms with Gasteiger partial charge in [-0.3, -0.25) is 4.90 Å². The van der Waals surface area contributed by atoms with E-state index < -0.39 is 0 Å². The molecule has 1 heterocycles. The summed E-state index contributed by atoms with van der Waals surface area (Å²) in [6.07, 6.45) is 1.72. The van der Waals surface area contributed by atoms with E-state index in [1.54, 1.807) is 0 Å². The lowest BCUT2D eigenvalue weighted by Crippen LogP contribution is -2.44. The Morgan fingerprint density at radius 1 is 1.50 bits per heavy atom. The predicted octanol–water partition coefficient (Wildman–Crippen LogP) is 1.75. The number of morpholine rings is 1. The van der Waals surface area contributed by atoms with Gasteiger partial charge in [-0.25, -0.2) is 0 Å². The molecule has 0 aromatic rings. The van der Waals surface area contributed by atoms with Crippen molar-refractivity contribution >= 4 is 0 Å². The van der Waals surface area contributed by atoms with Crippen LogP contribution in [0.1, 0.15) is 27.2 Å². The molecule has 0 radical (unpaired) electrons. The van der Waals surface area contributed by atoms with Crippen LogP contribution in [0.4, 0.5) is 0 Å². The summed E-state index contributed by atoms with van der Waals surface area (Å²) in [4.78, 5) is 2.51. The molecular weight excluding hydrogens is 150 g/mol. The molecule has 0 N–H and O–H groups in total. The Balaban J connectivity index is 2.30. The average Bonchev–Trinajstić information content (AvgIpc) is 2.05. The first-order chi connectivity index (χ1) is 5.74. The summed E-state index contributed by atoms with van der Waals surface area (Å²) in [5.41, 5.74) is 0. The van der Waals surface area contributed by atoms with Gasteiger partial charge in [-0.1, -0.05) is 20.8 Å². The second kappa shape index (κ2) is 4.83. The Hall–Kier alpha value is -0.0800. The predicted molar refractivity (Wildman–Crippen MR) is 51.3 cm³/mol.